The minimum Gasteiger partial charge on any atom is -0.441 e. The molecule has 0 amide bonds. The Hall–Kier alpha value is -2.40. The molecule has 26 heavy (non-hydrogen) atoms. The van der Waals surface area contributed by atoms with Crippen LogP contribution in [-0.4, -0.2) is 48.5 Å². The summed E-state index contributed by atoms with van der Waals surface area (Å²) in [6.07, 6.45) is -4.95. The zero-order chi connectivity index (χ0) is 19.7. The van der Waals surface area contributed by atoms with E-state index in [9.17, 15) is 26.4 Å². The van der Waals surface area contributed by atoms with Gasteiger partial charge in [-0.25, -0.2) is 22.5 Å². The Morgan fingerprint density at radius 2 is 1.81 bits per heavy atom. The summed E-state index contributed by atoms with van der Waals surface area (Å²) in [6, 6.07) is 4.42. The Kier molecular flexibility index (Phi) is 5.42. The van der Waals surface area contributed by atoms with E-state index in [-0.39, 0.29) is 10.5 Å². The molecular formula is C15H16F3N3O4S. The molecule has 2 aromatic rings. The Morgan fingerprint density at radius 1 is 1.23 bits per heavy atom. The summed E-state index contributed by atoms with van der Waals surface area (Å²) in [6.45, 7) is 0. The van der Waals surface area contributed by atoms with Crippen LogP contribution in [0.2, 0.25) is 0 Å². The highest BCUT2D eigenvalue weighted by molar-refractivity contribution is 7.89. The van der Waals surface area contributed by atoms with E-state index in [1.165, 1.54) is 27.3 Å². The van der Waals surface area contributed by atoms with Crippen molar-refractivity contribution < 1.29 is 31.1 Å². The molecule has 142 valence electrons. The normalized spacial score (nSPS) is 13.7. The van der Waals surface area contributed by atoms with Crippen molar-refractivity contribution in [2.45, 2.75) is 17.2 Å². The predicted molar refractivity (Wildman–Crippen MR) is 84.7 cm³/mol. The van der Waals surface area contributed by atoms with Crippen LogP contribution in [0.15, 0.2) is 41.6 Å². The number of esters is 1. The molecule has 0 N–H and O–H groups in total. The van der Waals surface area contributed by atoms with Gasteiger partial charge in [0.15, 0.2) is 5.82 Å². The average Bonchev–Trinajstić information content (AvgIpc) is 2.96. The van der Waals surface area contributed by atoms with Crippen LogP contribution < -0.4 is 0 Å². The summed E-state index contributed by atoms with van der Waals surface area (Å²) < 4.78 is 70.3. The number of sulfonamides is 1. The average molecular weight is 391 g/mol. The van der Waals surface area contributed by atoms with Crippen molar-refractivity contribution in [2.75, 3.05) is 14.1 Å². The number of benzene rings is 1. The third kappa shape index (κ3) is 4.05. The Morgan fingerprint density at radius 3 is 2.23 bits per heavy atom. The van der Waals surface area contributed by atoms with Gasteiger partial charge in [0.05, 0.1) is 10.5 Å². The molecule has 0 unspecified atom stereocenters. The first-order valence-corrected chi connectivity index (χ1v) is 8.66. The van der Waals surface area contributed by atoms with E-state index in [1.807, 2.05) is 0 Å². The van der Waals surface area contributed by atoms with Crippen LogP contribution in [0.3, 0.4) is 0 Å². The van der Waals surface area contributed by atoms with E-state index < -0.39 is 34.1 Å². The van der Waals surface area contributed by atoms with Crippen molar-refractivity contribution in [3.05, 3.63) is 48.0 Å². The van der Waals surface area contributed by atoms with Crippen LogP contribution in [0.5, 0.6) is 0 Å². The van der Waals surface area contributed by atoms with Gasteiger partial charge < -0.3 is 9.30 Å². The first kappa shape index (κ1) is 19.9. The number of nitrogens with zero attached hydrogens (tertiary/aromatic N) is 3. The maximum Gasteiger partial charge on any atom is 0.432 e. The fraction of sp³-hybridized carbons (Fsp3) is 0.333. The van der Waals surface area contributed by atoms with E-state index in [1.54, 1.807) is 0 Å². The van der Waals surface area contributed by atoms with Gasteiger partial charge in [-0.15, -0.1) is 0 Å². The van der Waals surface area contributed by atoms with Crippen molar-refractivity contribution in [2.24, 2.45) is 7.05 Å². The third-order valence-corrected chi connectivity index (χ3v) is 5.31. The van der Waals surface area contributed by atoms with Crippen LogP contribution in [0.1, 0.15) is 22.3 Å². The fourth-order valence-electron chi connectivity index (χ4n) is 2.04. The summed E-state index contributed by atoms with van der Waals surface area (Å²) in [5.74, 6) is -1.72. The van der Waals surface area contributed by atoms with Gasteiger partial charge in [0.25, 0.3) is 6.10 Å². The first-order valence-electron chi connectivity index (χ1n) is 7.22. The lowest BCUT2D eigenvalue weighted by Gasteiger charge is -2.20. The van der Waals surface area contributed by atoms with E-state index >= 15 is 0 Å². The SMILES string of the molecule is CN(C)S(=O)(=O)c1ccc(C(=O)O[C@@H](c2nccn2C)C(F)(F)F)cc1. The Balaban J connectivity index is 2.27. The number of alkyl halides is 3. The quantitative estimate of drug-likeness (QED) is 0.730. The second-order valence-electron chi connectivity index (χ2n) is 5.54. The lowest BCUT2D eigenvalue weighted by atomic mass is 10.2. The standard InChI is InChI=1S/C15H16F3N3O4S/c1-20(2)26(23,24)11-6-4-10(5-7-11)14(22)25-12(15(16,17)18)13-19-8-9-21(13)3/h4-9,12H,1-3H3/t12-/m0/s1. The van der Waals surface area contributed by atoms with Crippen molar-refractivity contribution in [3.8, 4) is 0 Å². The van der Waals surface area contributed by atoms with Crippen molar-refractivity contribution in [1.29, 1.82) is 0 Å². The van der Waals surface area contributed by atoms with Crippen LogP contribution in [0, 0.1) is 0 Å². The van der Waals surface area contributed by atoms with Crippen LogP contribution >= 0.6 is 0 Å². The molecule has 0 saturated heterocycles. The first-order chi connectivity index (χ1) is 11.9. The summed E-state index contributed by atoms with van der Waals surface area (Å²) >= 11 is 0. The molecule has 1 heterocycles. The lowest BCUT2D eigenvalue weighted by Crippen LogP contribution is -2.28. The third-order valence-electron chi connectivity index (χ3n) is 3.48. The van der Waals surface area contributed by atoms with Crippen LogP contribution in [0.25, 0.3) is 0 Å². The molecule has 0 aliphatic heterocycles. The number of halogens is 3. The predicted octanol–water partition coefficient (Wildman–Crippen LogP) is 2.13. The molecule has 1 atom stereocenters. The molecule has 0 radical (unpaired) electrons. The zero-order valence-electron chi connectivity index (χ0n) is 14.1. The van der Waals surface area contributed by atoms with E-state index in [2.05, 4.69) is 9.72 Å². The summed E-state index contributed by atoms with van der Waals surface area (Å²) in [5.41, 5.74) is -0.217. The minimum absolute atomic E-state index is 0.101. The zero-order valence-corrected chi connectivity index (χ0v) is 14.9. The molecular weight excluding hydrogens is 375 g/mol. The van der Waals surface area contributed by atoms with E-state index in [0.717, 1.165) is 39.3 Å². The molecule has 0 aliphatic rings. The number of carbonyl (C=O) groups is 1. The van der Waals surface area contributed by atoms with Gasteiger partial charge in [-0.3, -0.25) is 0 Å². The molecule has 1 aromatic heterocycles. The fourth-order valence-corrected chi connectivity index (χ4v) is 2.95. The molecule has 0 fully saturated rings. The highest BCUT2D eigenvalue weighted by Crippen LogP contribution is 2.35. The summed E-state index contributed by atoms with van der Waals surface area (Å²) in [4.78, 5) is 15.6. The van der Waals surface area contributed by atoms with E-state index in [4.69, 9.17) is 0 Å². The van der Waals surface area contributed by atoms with Gasteiger partial charge >= 0.3 is 12.1 Å². The number of hydrogen-bond donors (Lipinski definition) is 0. The molecule has 11 heteroatoms. The summed E-state index contributed by atoms with van der Waals surface area (Å²) in [5, 5.41) is 0. The number of imidazole rings is 1. The molecule has 1 aromatic carbocycles. The minimum atomic E-state index is -4.86. The number of ether oxygens (including phenoxy) is 1. The Bertz CT molecular complexity index is 890. The van der Waals surface area contributed by atoms with Gasteiger partial charge in [-0.05, 0) is 24.3 Å². The highest BCUT2D eigenvalue weighted by atomic mass is 32.2. The molecule has 0 aliphatic carbocycles. The molecule has 2 rings (SSSR count). The number of aromatic nitrogens is 2. The van der Waals surface area contributed by atoms with Crippen molar-refractivity contribution >= 4 is 16.0 Å². The van der Waals surface area contributed by atoms with Gasteiger partial charge in [0.1, 0.15) is 0 Å². The second-order valence-corrected chi connectivity index (χ2v) is 7.69. The molecule has 7 nitrogen and oxygen atoms in total. The van der Waals surface area contributed by atoms with Gasteiger partial charge in [0, 0.05) is 33.5 Å². The smallest absolute Gasteiger partial charge is 0.432 e. The van der Waals surface area contributed by atoms with E-state index in [0.29, 0.717) is 0 Å². The number of carbonyl (C=O) groups excluding carboxylic acids is 1. The lowest BCUT2D eigenvalue weighted by molar-refractivity contribution is -0.210. The molecule has 0 saturated carbocycles. The van der Waals surface area contributed by atoms with Crippen molar-refractivity contribution in [1.82, 2.24) is 13.9 Å². The van der Waals surface area contributed by atoms with Crippen molar-refractivity contribution in [3.63, 3.8) is 0 Å². The largest absolute Gasteiger partial charge is 0.441 e. The monoisotopic (exact) mass is 391 g/mol. The topological polar surface area (TPSA) is 81.5 Å². The van der Waals surface area contributed by atoms with Gasteiger partial charge in [-0.2, -0.15) is 13.2 Å². The maximum absolute atomic E-state index is 13.2. The number of hydrogen-bond acceptors (Lipinski definition) is 5. The van der Waals surface area contributed by atoms with Gasteiger partial charge in [0.2, 0.25) is 10.0 Å². The van der Waals surface area contributed by atoms with Crippen LogP contribution in [0.4, 0.5) is 13.2 Å². The van der Waals surface area contributed by atoms with Gasteiger partial charge in [-0.1, -0.05) is 0 Å². The summed E-state index contributed by atoms with van der Waals surface area (Å²) in [7, 11) is 0.288. The Labute approximate surface area is 148 Å². The second kappa shape index (κ2) is 7.08. The number of aryl methyl sites for hydroxylation is 1. The maximum atomic E-state index is 13.2. The molecule has 0 spiro atoms. The highest BCUT2D eigenvalue weighted by Gasteiger charge is 2.46. The molecule has 0 bridgehead atoms. The van der Waals surface area contributed by atoms with Crippen LogP contribution in [-0.2, 0) is 21.8 Å². The number of rotatable bonds is 5.